The van der Waals surface area contributed by atoms with E-state index in [1.807, 2.05) is 125 Å². The van der Waals surface area contributed by atoms with E-state index >= 15 is 0 Å². The number of aromatic carboxylic acids is 2. The third kappa shape index (κ3) is 11.1. The Bertz CT molecular complexity index is 3710. The number of carboxylic acids is 2. The summed E-state index contributed by atoms with van der Waals surface area (Å²) in [5, 5.41) is 46.3. The molecule has 0 amide bonds. The molecule has 4 aromatic heterocycles. The van der Waals surface area contributed by atoms with Gasteiger partial charge in [0.15, 0.2) is 5.82 Å². The summed E-state index contributed by atoms with van der Waals surface area (Å²) < 4.78 is 16.9. The van der Waals surface area contributed by atoms with Gasteiger partial charge in [0, 0.05) is 29.7 Å². The maximum atomic E-state index is 11.9. The van der Waals surface area contributed by atoms with E-state index in [4.69, 9.17) is 9.47 Å². The van der Waals surface area contributed by atoms with Gasteiger partial charge in [-0.2, -0.15) is 15.2 Å². The Morgan fingerprint density at radius 1 is 0.533 bits per heavy atom. The van der Waals surface area contributed by atoms with Crippen LogP contribution in [0.15, 0.2) is 164 Å². The molecule has 0 aliphatic heterocycles. The molecule has 18 nitrogen and oxygen atoms in total. The van der Waals surface area contributed by atoms with Crippen molar-refractivity contribution in [2.75, 3.05) is 13.2 Å². The number of tetrazole rings is 2. The molecule has 0 unspecified atom stereocenters. The molecule has 3 N–H and O–H groups in total. The zero-order valence-electron chi connectivity index (χ0n) is 41.0. The summed E-state index contributed by atoms with van der Waals surface area (Å²) in [6.07, 6.45) is 0. The van der Waals surface area contributed by atoms with E-state index in [1.165, 1.54) is 0 Å². The van der Waals surface area contributed by atoms with Crippen molar-refractivity contribution in [2.24, 2.45) is 0 Å². The van der Waals surface area contributed by atoms with E-state index in [2.05, 4.69) is 76.4 Å². The topological polar surface area (TPSA) is 227 Å². The van der Waals surface area contributed by atoms with Gasteiger partial charge in [-0.05, 0) is 92.7 Å². The van der Waals surface area contributed by atoms with Crippen LogP contribution in [0.5, 0.6) is 12.0 Å². The Balaban J connectivity index is 0.000000197. The van der Waals surface area contributed by atoms with Gasteiger partial charge in [0.1, 0.15) is 0 Å². The van der Waals surface area contributed by atoms with E-state index in [-0.39, 0.29) is 37.1 Å². The average molecular weight is 1040 g/mol. The fourth-order valence-corrected chi connectivity index (χ4v) is 8.79. The molecule has 11 aromatic rings. The molecule has 0 aliphatic carbocycles. The Hall–Kier alpha value is -9.26. The van der Waals surface area contributed by atoms with Gasteiger partial charge in [0.25, 0.3) is 12.0 Å². The molecule has 19 heteroatoms. The molecule has 0 atom stereocenters. The third-order valence-electron chi connectivity index (χ3n) is 12.1. The van der Waals surface area contributed by atoms with E-state index in [0.717, 1.165) is 50.1 Å². The first-order valence-corrected chi connectivity index (χ1v) is 23.4. The molecular weight excluding hydrogens is 988 g/mol. The van der Waals surface area contributed by atoms with Crippen molar-refractivity contribution in [3.8, 4) is 57.1 Å². The summed E-state index contributed by atoms with van der Waals surface area (Å²) in [6, 6.07) is 53.2. The number of carboxylic acid groups (broad SMARTS) is 2. The fourth-order valence-electron chi connectivity index (χ4n) is 8.79. The summed E-state index contributed by atoms with van der Waals surface area (Å²) in [5.41, 5.74) is 11.5. The Morgan fingerprint density at radius 3 is 1.48 bits per heavy atom. The summed E-state index contributed by atoms with van der Waals surface area (Å²) in [6.45, 7) is 6.00. The molecule has 11 rings (SSSR count). The van der Waals surface area contributed by atoms with Gasteiger partial charge in [-0.25, -0.2) is 14.3 Å². The van der Waals surface area contributed by atoms with E-state index < -0.39 is 11.9 Å². The van der Waals surface area contributed by atoms with Crippen LogP contribution >= 0.6 is 0 Å². The van der Waals surface area contributed by atoms with Crippen LogP contribution in [0, 0.1) is 7.43 Å². The molecule has 0 aliphatic rings. The Kier molecular flexibility index (Phi) is 16.3. The minimum atomic E-state index is -1.00. The van der Waals surface area contributed by atoms with Crippen LogP contribution in [0.3, 0.4) is 0 Å². The second-order valence-electron chi connectivity index (χ2n) is 16.7. The number of carbonyl (C=O) groups is 2. The molecule has 0 spiro atoms. The van der Waals surface area contributed by atoms with Gasteiger partial charge >= 0.3 is 11.9 Å². The first-order valence-electron chi connectivity index (χ1n) is 23.4. The number of para-hydroxylation sites is 2. The standard InChI is InChI=1S/C31H26N6O3.C24H20N6O3.CH3.V/c1-2-40-31-32-27-14-8-13-26(30(38)39)28(27)36(31)19-22-15-17-23(18-16-22)24-11-6-7-12-25(24)29-33-34-35-37(29)20-21-9-4-3-5-10-21;1-2-33-24-25-20-9-5-8-19(23(31)32)21(20)30(24)14-15-10-12-16(13-11-15)17-6-3-4-7-18(17)22-26-28-29-27-22;;/h3-18H,2,19-20H2,1H3,(H,38,39);3-13H,2,14H2,1H3,(H,31,32)(H,26,27,28,29);1H3;/q;;-1;. The van der Waals surface area contributed by atoms with Crippen molar-refractivity contribution in [2.45, 2.75) is 33.5 Å². The summed E-state index contributed by atoms with van der Waals surface area (Å²) in [7, 11) is 0. The van der Waals surface area contributed by atoms with E-state index in [9.17, 15) is 19.8 Å². The van der Waals surface area contributed by atoms with Gasteiger partial charge in [-0.15, -0.1) is 15.3 Å². The van der Waals surface area contributed by atoms with Crippen LogP contribution in [0.25, 0.3) is 67.1 Å². The van der Waals surface area contributed by atoms with Crippen LogP contribution in [0.4, 0.5) is 0 Å². The number of ether oxygens (including phenoxy) is 2. The van der Waals surface area contributed by atoms with Gasteiger partial charge in [0.05, 0.1) is 66.0 Å². The predicted octanol–water partition coefficient (Wildman–Crippen LogP) is 10.0. The quantitative estimate of drug-likeness (QED) is 0.0766. The molecule has 0 bridgehead atoms. The number of nitrogens with one attached hydrogen (secondary N) is 1. The van der Waals surface area contributed by atoms with Gasteiger partial charge < -0.3 is 27.1 Å². The Labute approximate surface area is 442 Å². The summed E-state index contributed by atoms with van der Waals surface area (Å²) >= 11 is 0. The van der Waals surface area contributed by atoms with Crippen molar-refractivity contribution in [3.05, 3.63) is 199 Å². The average Bonchev–Trinajstić information content (AvgIpc) is 4.25. The zero-order valence-corrected chi connectivity index (χ0v) is 42.4. The van der Waals surface area contributed by atoms with Crippen molar-refractivity contribution >= 4 is 34.0 Å². The largest absolute Gasteiger partial charge is 0.478 e. The number of fused-ring (bicyclic) bond motifs is 2. The third-order valence-corrected chi connectivity index (χ3v) is 12.1. The van der Waals surface area contributed by atoms with Crippen LogP contribution in [-0.2, 0) is 38.2 Å². The number of aromatic nitrogens is 12. The molecule has 0 fully saturated rings. The number of rotatable bonds is 16. The van der Waals surface area contributed by atoms with Gasteiger partial charge in [-0.1, -0.05) is 140 Å². The summed E-state index contributed by atoms with van der Waals surface area (Å²) in [5.74, 6) is -0.785. The van der Waals surface area contributed by atoms with Crippen molar-refractivity contribution in [3.63, 3.8) is 0 Å². The second kappa shape index (κ2) is 23.5. The molecule has 0 saturated carbocycles. The van der Waals surface area contributed by atoms with Gasteiger partial charge in [0.2, 0.25) is 5.82 Å². The van der Waals surface area contributed by atoms with Crippen molar-refractivity contribution < 1.29 is 47.8 Å². The number of aromatic amines is 1. The number of hydrogen-bond acceptors (Lipinski definition) is 12. The molecular formula is C56H49N12O6V-. The first-order chi connectivity index (χ1) is 35.8. The number of hydrogen-bond donors (Lipinski definition) is 3. The number of nitrogens with zero attached hydrogens (tertiary/aromatic N) is 11. The SMILES string of the molecule is CCOc1nc2cccc(C(=O)O)c2n1Cc1ccc(-c2ccccc2-c2nn[nH]n2)cc1.CCOc1nc2cccc(C(=O)O)c2n1Cc1ccc(-c2ccccc2-c2nnnn2Cc2ccccc2)cc1.[CH3-].[V]. The molecule has 375 valence electrons. The summed E-state index contributed by atoms with van der Waals surface area (Å²) in [4.78, 5) is 32.8. The number of imidazole rings is 2. The fraction of sp³-hybridized carbons (Fsp3) is 0.125. The van der Waals surface area contributed by atoms with Crippen LogP contribution in [0.2, 0.25) is 0 Å². The van der Waals surface area contributed by atoms with E-state index in [0.29, 0.717) is 78.6 Å². The first kappa shape index (κ1) is 52.1. The predicted molar refractivity (Wildman–Crippen MR) is 280 cm³/mol. The minimum absolute atomic E-state index is 0. The molecule has 75 heavy (non-hydrogen) atoms. The normalized spacial score (nSPS) is 10.8. The molecule has 7 aromatic carbocycles. The maximum absolute atomic E-state index is 11.9. The van der Waals surface area contributed by atoms with Crippen LogP contribution in [-0.4, -0.2) is 95.3 Å². The monoisotopic (exact) mass is 1040 g/mol. The Morgan fingerprint density at radius 2 is 1.00 bits per heavy atom. The van der Waals surface area contributed by atoms with Crippen LogP contribution < -0.4 is 9.47 Å². The smallest absolute Gasteiger partial charge is 0.337 e. The minimum Gasteiger partial charge on any atom is -0.478 e. The molecule has 0 saturated heterocycles. The second-order valence-corrected chi connectivity index (χ2v) is 16.7. The van der Waals surface area contributed by atoms with Gasteiger partial charge in [-0.3, -0.25) is 9.13 Å². The van der Waals surface area contributed by atoms with Crippen molar-refractivity contribution in [1.29, 1.82) is 0 Å². The number of H-pyrrole nitrogens is 1. The zero-order chi connectivity index (χ0) is 50.3. The van der Waals surface area contributed by atoms with E-state index in [1.54, 1.807) is 36.4 Å². The molecule has 4 heterocycles. The number of benzene rings is 7. The maximum Gasteiger partial charge on any atom is 0.337 e. The van der Waals surface area contributed by atoms with Crippen LogP contribution in [0.1, 0.15) is 51.3 Å². The van der Waals surface area contributed by atoms with Crippen molar-refractivity contribution in [1.82, 2.24) is 59.9 Å². The molecule has 1 radical (unpaired) electrons.